The number of hydrogen-bond acceptors (Lipinski definition) is 5. The van der Waals surface area contributed by atoms with Crippen LogP contribution in [-0.2, 0) is 6.42 Å². The van der Waals surface area contributed by atoms with E-state index in [4.69, 9.17) is 0 Å². The summed E-state index contributed by atoms with van der Waals surface area (Å²) in [5, 5.41) is 2.14. The van der Waals surface area contributed by atoms with Gasteiger partial charge in [0.1, 0.15) is 0 Å². The van der Waals surface area contributed by atoms with Crippen LogP contribution >= 0.6 is 58.0 Å². The molecule has 0 aliphatic carbocycles. The van der Waals surface area contributed by atoms with Gasteiger partial charge in [0.15, 0.2) is 0 Å². The predicted molar refractivity (Wildman–Crippen MR) is 126 cm³/mol. The van der Waals surface area contributed by atoms with Crippen molar-refractivity contribution in [2.75, 3.05) is 5.75 Å². The van der Waals surface area contributed by atoms with E-state index >= 15 is 0 Å². The van der Waals surface area contributed by atoms with Gasteiger partial charge in [0, 0.05) is 34.1 Å². The zero-order valence-electron chi connectivity index (χ0n) is 14.3. The van der Waals surface area contributed by atoms with E-state index < -0.39 is 0 Å². The lowest BCUT2D eigenvalue weighted by atomic mass is 10.2. The molecule has 26 heavy (non-hydrogen) atoms. The fraction of sp³-hybridized carbons (Fsp3) is 0.238. The molecule has 0 fully saturated rings. The fourth-order valence-electron chi connectivity index (χ4n) is 2.86. The average molecular weight is 433 g/mol. The molecule has 0 spiro atoms. The summed E-state index contributed by atoms with van der Waals surface area (Å²) in [5.41, 5.74) is 0. The standard InChI is InChI=1S/C21H20S5/c22-13-3-1-2-5-15-7-8-18(24-15)19-11-12-21(26-19)20-10-9-17(25-20)16-6-4-14-23-16/h4,6-12,14,22H,1-3,5,13H2. The minimum absolute atomic E-state index is 1.00. The molecule has 0 N–H and O–H groups in total. The van der Waals surface area contributed by atoms with Gasteiger partial charge >= 0.3 is 0 Å². The van der Waals surface area contributed by atoms with Gasteiger partial charge in [-0.05, 0) is 72.9 Å². The quantitative estimate of drug-likeness (QED) is 0.209. The Morgan fingerprint density at radius 2 is 1.23 bits per heavy atom. The Morgan fingerprint density at radius 1 is 0.615 bits per heavy atom. The molecule has 0 aliphatic rings. The highest BCUT2D eigenvalue weighted by molar-refractivity contribution is 7.80. The third kappa shape index (κ3) is 4.34. The van der Waals surface area contributed by atoms with Crippen LogP contribution in [0.4, 0.5) is 0 Å². The highest BCUT2D eigenvalue weighted by atomic mass is 32.1. The normalized spacial score (nSPS) is 11.3. The summed E-state index contributed by atoms with van der Waals surface area (Å²) in [6.45, 7) is 0. The Bertz CT molecular complexity index is 939. The Labute approximate surface area is 176 Å². The maximum atomic E-state index is 4.29. The lowest BCUT2D eigenvalue weighted by molar-refractivity contribution is 0.729. The first-order chi connectivity index (χ1) is 12.8. The number of aryl methyl sites for hydroxylation is 1. The number of hydrogen-bond donors (Lipinski definition) is 1. The number of unbranched alkanes of at least 4 members (excludes halogenated alkanes) is 2. The van der Waals surface area contributed by atoms with Gasteiger partial charge in [-0.15, -0.1) is 45.3 Å². The van der Waals surface area contributed by atoms with Gasteiger partial charge in [-0.2, -0.15) is 12.6 Å². The van der Waals surface area contributed by atoms with Crippen LogP contribution in [0.15, 0.2) is 53.9 Å². The van der Waals surface area contributed by atoms with Gasteiger partial charge in [0.05, 0.1) is 0 Å². The largest absolute Gasteiger partial charge is 0.179 e. The summed E-state index contributed by atoms with van der Waals surface area (Å²) < 4.78 is 0. The van der Waals surface area contributed by atoms with E-state index in [0.717, 1.165) is 5.75 Å². The van der Waals surface area contributed by atoms with Crippen LogP contribution in [-0.4, -0.2) is 5.75 Å². The van der Waals surface area contributed by atoms with Crippen LogP contribution in [0.2, 0.25) is 0 Å². The summed E-state index contributed by atoms with van der Waals surface area (Å²) in [6.07, 6.45) is 4.98. The zero-order chi connectivity index (χ0) is 17.8. The van der Waals surface area contributed by atoms with E-state index in [2.05, 4.69) is 66.5 Å². The van der Waals surface area contributed by atoms with Gasteiger partial charge in [-0.3, -0.25) is 0 Å². The fourth-order valence-corrected chi connectivity index (χ4v) is 7.16. The van der Waals surface area contributed by atoms with Crippen LogP contribution in [0.1, 0.15) is 24.1 Å². The molecule has 134 valence electrons. The summed E-state index contributed by atoms with van der Waals surface area (Å²) in [6, 6.07) is 18.0. The third-order valence-corrected chi connectivity index (χ3v) is 9.29. The number of thiol groups is 1. The van der Waals surface area contributed by atoms with E-state index in [1.54, 1.807) is 0 Å². The maximum absolute atomic E-state index is 4.29. The van der Waals surface area contributed by atoms with E-state index in [9.17, 15) is 0 Å². The second kappa shape index (κ2) is 8.89. The van der Waals surface area contributed by atoms with Crippen molar-refractivity contribution >= 4 is 58.0 Å². The Balaban J connectivity index is 1.46. The molecule has 4 aromatic heterocycles. The molecule has 0 atom stereocenters. The van der Waals surface area contributed by atoms with Crippen LogP contribution in [0, 0.1) is 0 Å². The Morgan fingerprint density at radius 3 is 1.85 bits per heavy atom. The minimum atomic E-state index is 1.00. The molecular weight excluding hydrogens is 413 g/mol. The molecule has 0 nitrogen and oxygen atoms in total. The van der Waals surface area contributed by atoms with E-state index in [0.29, 0.717) is 0 Å². The Kier molecular flexibility index (Phi) is 6.33. The molecule has 0 saturated carbocycles. The van der Waals surface area contributed by atoms with Gasteiger partial charge in [-0.25, -0.2) is 0 Å². The highest BCUT2D eigenvalue weighted by Crippen LogP contribution is 2.42. The highest BCUT2D eigenvalue weighted by Gasteiger charge is 2.10. The molecule has 0 radical (unpaired) electrons. The molecular formula is C21H20S5. The van der Waals surface area contributed by atoms with Crippen molar-refractivity contribution in [1.29, 1.82) is 0 Å². The maximum Gasteiger partial charge on any atom is 0.0449 e. The average Bonchev–Trinajstić information content (AvgIpc) is 3.44. The van der Waals surface area contributed by atoms with Crippen LogP contribution in [0.25, 0.3) is 29.3 Å². The van der Waals surface area contributed by atoms with Crippen molar-refractivity contribution < 1.29 is 0 Å². The molecule has 5 heteroatoms. The predicted octanol–water partition coefficient (Wildman–Crippen LogP) is 8.58. The molecule has 4 rings (SSSR count). The van der Waals surface area contributed by atoms with Crippen LogP contribution < -0.4 is 0 Å². The van der Waals surface area contributed by atoms with E-state index in [1.165, 1.54) is 59.8 Å². The summed E-state index contributed by atoms with van der Waals surface area (Å²) >= 11 is 11.9. The lowest BCUT2D eigenvalue weighted by Gasteiger charge is -1.96. The molecule has 0 bridgehead atoms. The summed E-state index contributed by atoms with van der Waals surface area (Å²) in [4.78, 5) is 9.76. The summed E-state index contributed by atoms with van der Waals surface area (Å²) in [7, 11) is 0. The molecule has 0 aliphatic heterocycles. The first-order valence-corrected chi connectivity index (χ1v) is 12.7. The third-order valence-electron chi connectivity index (χ3n) is 4.20. The zero-order valence-corrected chi connectivity index (χ0v) is 18.5. The summed E-state index contributed by atoms with van der Waals surface area (Å²) in [5.74, 6) is 1.00. The van der Waals surface area contributed by atoms with Gasteiger partial charge < -0.3 is 0 Å². The van der Waals surface area contributed by atoms with Crippen molar-refractivity contribution in [3.63, 3.8) is 0 Å². The molecule has 0 saturated heterocycles. The number of thiophene rings is 4. The second-order valence-electron chi connectivity index (χ2n) is 6.11. The molecule has 4 aromatic rings. The molecule has 0 unspecified atom stereocenters. The van der Waals surface area contributed by atoms with Crippen molar-refractivity contribution in [1.82, 2.24) is 0 Å². The number of rotatable bonds is 8. The lowest BCUT2D eigenvalue weighted by Crippen LogP contribution is -1.82. The first kappa shape index (κ1) is 18.5. The van der Waals surface area contributed by atoms with Gasteiger partial charge in [-0.1, -0.05) is 12.5 Å². The van der Waals surface area contributed by atoms with Crippen LogP contribution in [0.3, 0.4) is 0 Å². The van der Waals surface area contributed by atoms with Crippen molar-refractivity contribution in [2.24, 2.45) is 0 Å². The van der Waals surface area contributed by atoms with E-state index in [-0.39, 0.29) is 0 Å². The Hall–Kier alpha value is -0.850. The topological polar surface area (TPSA) is 0 Å². The van der Waals surface area contributed by atoms with Crippen LogP contribution in [0.5, 0.6) is 0 Å². The first-order valence-electron chi connectivity index (χ1n) is 8.77. The van der Waals surface area contributed by atoms with Gasteiger partial charge in [0.2, 0.25) is 0 Å². The molecule has 4 heterocycles. The van der Waals surface area contributed by atoms with Gasteiger partial charge in [0.25, 0.3) is 0 Å². The minimum Gasteiger partial charge on any atom is -0.179 e. The second-order valence-corrected chi connectivity index (χ2v) is 10.8. The molecule has 0 amide bonds. The van der Waals surface area contributed by atoms with Crippen molar-refractivity contribution in [3.8, 4) is 29.3 Å². The smallest absolute Gasteiger partial charge is 0.0449 e. The van der Waals surface area contributed by atoms with Crippen molar-refractivity contribution in [2.45, 2.75) is 25.7 Å². The van der Waals surface area contributed by atoms with Crippen molar-refractivity contribution in [3.05, 3.63) is 58.8 Å². The monoisotopic (exact) mass is 432 g/mol. The molecule has 0 aromatic carbocycles. The SMILES string of the molecule is SCCCCCc1ccc(-c2ccc(-c3ccc(-c4cccs4)s3)s2)s1. The van der Waals surface area contributed by atoms with E-state index in [1.807, 2.05) is 45.3 Å².